The highest BCUT2D eigenvalue weighted by atomic mass is 32.2. The maximum absolute atomic E-state index is 6.28. The summed E-state index contributed by atoms with van der Waals surface area (Å²) in [5.74, 6) is 3.49. The summed E-state index contributed by atoms with van der Waals surface area (Å²) in [4.78, 5) is 0. The normalized spacial score (nSPS) is 21.4. The van der Waals surface area contributed by atoms with Gasteiger partial charge in [0, 0.05) is 23.1 Å². The quantitative estimate of drug-likeness (QED) is 0.904. The number of hydrogen-bond donors (Lipinski definition) is 1. The fraction of sp³-hybridized carbons (Fsp3) is 0.538. The third-order valence-corrected chi connectivity index (χ3v) is 4.06. The van der Waals surface area contributed by atoms with Crippen molar-refractivity contribution in [1.82, 2.24) is 0 Å². The van der Waals surface area contributed by atoms with Gasteiger partial charge < -0.3 is 19.9 Å². The van der Waals surface area contributed by atoms with Crippen LogP contribution in [0.3, 0.4) is 0 Å². The fourth-order valence-corrected chi connectivity index (χ4v) is 2.92. The lowest BCUT2D eigenvalue weighted by Crippen LogP contribution is -2.34. The van der Waals surface area contributed by atoms with Crippen molar-refractivity contribution in [2.24, 2.45) is 5.73 Å². The topological polar surface area (TPSA) is 53.7 Å². The summed E-state index contributed by atoms with van der Waals surface area (Å²) >= 11 is 1.88. The van der Waals surface area contributed by atoms with E-state index in [4.69, 9.17) is 19.9 Å². The third-order valence-electron chi connectivity index (χ3n) is 3.04. The molecular formula is C13H19NO3S. The second kappa shape index (κ2) is 6.31. The number of hydrogen-bond acceptors (Lipinski definition) is 5. The molecule has 1 aliphatic heterocycles. The Labute approximate surface area is 112 Å². The first-order chi connectivity index (χ1) is 8.76. The van der Waals surface area contributed by atoms with Crippen LogP contribution in [-0.4, -0.2) is 38.4 Å². The molecular weight excluding hydrogens is 250 g/mol. The Hall–Kier alpha value is -0.910. The second-order valence-electron chi connectivity index (χ2n) is 4.12. The minimum absolute atomic E-state index is 0.0473. The summed E-state index contributed by atoms with van der Waals surface area (Å²) in [6.45, 7) is 0.765. The van der Waals surface area contributed by atoms with Crippen LogP contribution in [0.4, 0.5) is 0 Å². The first-order valence-electron chi connectivity index (χ1n) is 5.93. The Bertz CT molecular complexity index is 394. The summed E-state index contributed by atoms with van der Waals surface area (Å²) in [6.07, 6.45) is 0.0473. The Kier molecular flexibility index (Phi) is 4.74. The van der Waals surface area contributed by atoms with Crippen LogP contribution in [0.2, 0.25) is 0 Å². The van der Waals surface area contributed by atoms with Gasteiger partial charge in [0.05, 0.1) is 33.0 Å². The van der Waals surface area contributed by atoms with E-state index in [0.717, 1.165) is 35.2 Å². The number of ether oxygens (including phenoxy) is 3. The van der Waals surface area contributed by atoms with E-state index in [1.165, 1.54) is 0 Å². The molecule has 0 radical (unpaired) electrons. The van der Waals surface area contributed by atoms with E-state index in [1.54, 1.807) is 14.2 Å². The maximum atomic E-state index is 6.28. The monoisotopic (exact) mass is 269 g/mol. The lowest BCUT2D eigenvalue weighted by molar-refractivity contribution is 0.0563. The number of nitrogens with two attached hydrogens (primary N) is 1. The van der Waals surface area contributed by atoms with Gasteiger partial charge in [-0.3, -0.25) is 0 Å². The molecule has 2 unspecified atom stereocenters. The van der Waals surface area contributed by atoms with E-state index in [9.17, 15) is 0 Å². The lowest BCUT2D eigenvalue weighted by Gasteiger charge is -2.28. The molecule has 2 N–H and O–H groups in total. The van der Waals surface area contributed by atoms with Crippen molar-refractivity contribution < 1.29 is 14.2 Å². The van der Waals surface area contributed by atoms with E-state index < -0.39 is 0 Å². The first-order valence-corrected chi connectivity index (χ1v) is 7.08. The van der Waals surface area contributed by atoms with Crippen LogP contribution in [0.15, 0.2) is 18.2 Å². The molecule has 5 heteroatoms. The van der Waals surface area contributed by atoms with E-state index in [2.05, 4.69) is 0 Å². The molecule has 100 valence electrons. The zero-order chi connectivity index (χ0) is 13.0. The molecule has 2 rings (SSSR count). The van der Waals surface area contributed by atoms with Gasteiger partial charge in [-0.1, -0.05) is 0 Å². The molecule has 18 heavy (non-hydrogen) atoms. The van der Waals surface area contributed by atoms with Crippen molar-refractivity contribution in [3.05, 3.63) is 23.8 Å². The number of methoxy groups -OCH3 is 2. The SMILES string of the molecule is COc1ccc(C(N)C2CSCCO2)c(OC)c1. The smallest absolute Gasteiger partial charge is 0.127 e. The number of thioether (sulfide) groups is 1. The van der Waals surface area contributed by atoms with Crippen LogP contribution < -0.4 is 15.2 Å². The van der Waals surface area contributed by atoms with E-state index in [-0.39, 0.29) is 12.1 Å². The molecule has 1 fully saturated rings. The van der Waals surface area contributed by atoms with Crippen molar-refractivity contribution >= 4 is 11.8 Å². The summed E-state index contributed by atoms with van der Waals surface area (Å²) < 4.78 is 16.3. The highest BCUT2D eigenvalue weighted by molar-refractivity contribution is 7.99. The Balaban J connectivity index is 2.20. The predicted molar refractivity (Wildman–Crippen MR) is 73.5 cm³/mol. The van der Waals surface area contributed by atoms with Gasteiger partial charge in [0.1, 0.15) is 11.5 Å². The number of rotatable bonds is 4. The average molecular weight is 269 g/mol. The minimum atomic E-state index is -0.168. The lowest BCUT2D eigenvalue weighted by atomic mass is 10.0. The molecule has 0 spiro atoms. The van der Waals surface area contributed by atoms with Gasteiger partial charge in [-0.15, -0.1) is 0 Å². The molecule has 0 bridgehead atoms. The highest BCUT2D eigenvalue weighted by Crippen LogP contribution is 2.32. The molecule has 0 amide bonds. The zero-order valence-electron chi connectivity index (χ0n) is 10.7. The molecule has 1 heterocycles. The van der Waals surface area contributed by atoms with Gasteiger partial charge in [-0.05, 0) is 12.1 Å². The molecule has 1 aromatic rings. The average Bonchev–Trinajstić information content (AvgIpc) is 2.46. The Morgan fingerprint density at radius 1 is 1.39 bits per heavy atom. The summed E-state index contributed by atoms with van der Waals surface area (Å²) in [5, 5.41) is 0. The Morgan fingerprint density at radius 2 is 2.22 bits per heavy atom. The molecule has 1 aliphatic rings. The molecule has 0 aromatic heterocycles. The van der Waals surface area contributed by atoms with Crippen molar-refractivity contribution in [2.45, 2.75) is 12.1 Å². The molecule has 2 atom stereocenters. The Morgan fingerprint density at radius 3 is 2.83 bits per heavy atom. The largest absolute Gasteiger partial charge is 0.497 e. The van der Waals surface area contributed by atoms with Crippen LogP contribution in [0.25, 0.3) is 0 Å². The van der Waals surface area contributed by atoms with Crippen LogP contribution >= 0.6 is 11.8 Å². The third kappa shape index (κ3) is 2.91. The molecule has 4 nitrogen and oxygen atoms in total. The van der Waals surface area contributed by atoms with Crippen molar-refractivity contribution in [3.63, 3.8) is 0 Å². The molecule has 0 aliphatic carbocycles. The van der Waals surface area contributed by atoms with Crippen molar-refractivity contribution in [1.29, 1.82) is 0 Å². The zero-order valence-corrected chi connectivity index (χ0v) is 11.5. The van der Waals surface area contributed by atoms with E-state index in [0.29, 0.717) is 0 Å². The van der Waals surface area contributed by atoms with Crippen LogP contribution in [0.5, 0.6) is 11.5 Å². The minimum Gasteiger partial charge on any atom is -0.497 e. The van der Waals surface area contributed by atoms with Crippen molar-refractivity contribution in [2.75, 3.05) is 32.3 Å². The van der Waals surface area contributed by atoms with Gasteiger partial charge >= 0.3 is 0 Å². The number of benzene rings is 1. The van der Waals surface area contributed by atoms with E-state index >= 15 is 0 Å². The standard InChI is InChI=1S/C13H19NO3S/c1-15-9-3-4-10(11(7-9)16-2)13(14)12-8-18-6-5-17-12/h3-4,7,12-13H,5-6,8,14H2,1-2H3. The second-order valence-corrected chi connectivity index (χ2v) is 5.27. The van der Waals surface area contributed by atoms with Gasteiger partial charge in [-0.25, -0.2) is 0 Å². The first kappa shape index (κ1) is 13.5. The van der Waals surface area contributed by atoms with Crippen molar-refractivity contribution in [3.8, 4) is 11.5 Å². The van der Waals surface area contributed by atoms with E-state index in [1.807, 2.05) is 30.0 Å². The highest BCUT2D eigenvalue weighted by Gasteiger charge is 2.25. The van der Waals surface area contributed by atoms with Gasteiger partial charge in [0.15, 0.2) is 0 Å². The summed E-state index contributed by atoms with van der Waals surface area (Å²) in [5.41, 5.74) is 7.24. The maximum Gasteiger partial charge on any atom is 0.127 e. The van der Waals surface area contributed by atoms with Crippen LogP contribution in [0.1, 0.15) is 11.6 Å². The predicted octanol–water partition coefficient (Wildman–Crippen LogP) is 1.84. The summed E-state index contributed by atoms with van der Waals surface area (Å²) in [6, 6.07) is 5.53. The van der Waals surface area contributed by atoms with Gasteiger partial charge in [0.2, 0.25) is 0 Å². The van der Waals surface area contributed by atoms with Crippen LogP contribution in [-0.2, 0) is 4.74 Å². The summed E-state index contributed by atoms with van der Waals surface area (Å²) in [7, 11) is 3.27. The molecule has 1 aromatic carbocycles. The van der Waals surface area contributed by atoms with Crippen LogP contribution in [0, 0.1) is 0 Å². The molecule has 1 saturated heterocycles. The van der Waals surface area contributed by atoms with Gasteiger partial charge in [0.25, 0.3) is 0 Å². The fourth-order valence-electron chi connectivity index (χ4n) is 2.01. The molecule has 0 saturated carbocycles. The van der Waals surface area contributed by atoms with Gasteiger partial charge in [-0.2, -0.15) is 11.8 Å².